The van der Waals surface area contributed by atoms with Crippen LogP contribution >= 0.6 is 0 Å². The van der Waals surface area contributed by atoms with Crippen molar-refractivity contribution in [3.05, 3.63) is 35.9 Å². The molecule has 7 heteroatoms. The molecule has 0 saturated heterocycles. The summed E-state index contributed by atoms with van der Waals surface area (Å²) in [6.45, 7) is -0.192. The summed E-state index contributed by atoms with van der Waals surface area (Å²) >= 11 is 0. The Labute approximate surface area is 108 Å². The van der Waals surface area contributed by atoms with Crippen LogP contribution < -0.4 is 5.73 Å². The van der Waals surface area contributed by atoms with Crippen molar-refractivity contribution in [2.45, 2.75) is 12.1 Å². The van der Waals surface area contributed by atoms with Crippen molar-refractivity contribution in [1.82, 2.24) is 0 Å². The van der Waals surface area contributed by atoms with Gasteiger partial charge in [-0.1, -0.05) is 30.3 Å². The van der Waals surface area contributed by atoms with Gasteiger partial charge in [0.1, 0.15) is 6.61 Å². The highest BCUT2D eigenvalue weighted by molar-refractivity contribution is 6.22. The minimum Gasteiger partial charge on any atom is -0.479 e. The van der Waals surface area contributed by atoms with E-state index in [0.29, 0.717) is 5.56 Å². The Morgan fingerprint density at radius 3 is 2.26 bits per heavy atom. The van der Waals surface area contributed by atoms with Crippen molar-refractivity contribution in [1.29, 1.82) is 0 Å². The molecule has 0 bridgehead atoms. The normalized spacial score (nSPS) is 13.2. The smallest absolute Gasteiger partial charge is 0.350 e. The van der Waals surface area contributed by atoms with Crippen LogP contribution in [-0.2, 0) is 30.5 Å². The van der Waals surface area contributed by atoms with Crippen LogP contribution in [0, 0.1) is 0 Å². The topological polar surface area (TPSA) is 116 Å². The van der Waals surface area contributed by atoms with E-state index in [2.05, 4.69) is 4.74 Å². The summed E-state index contributed by atoms with van der Waals surface area (Å²) < 4.78 is 8.94. The number of carboxylic acids is 1. The van der Waals surface area contributed by atoms with Gasteiger partial charge in [0.2, 0.25) is 0 Å². The number of aliphatic carboxylic acids is 1. The van der Waals surface area contributed by atoms with E-state index in [1.54, 1.807) is 30.3 Å². The third kappa shape index (κ3) is 3.08. The first-order valence-corrected chi connectivity index (χ1v) is 5.24. The summed E-state index contributed by atoms with van der Waals surface area (Å²) in [6.07, 6.45) is 0. The fourth-order valence-corrected chi connectivity index (χ4v) is 1.26. The van der Waals surface area contributed by atoms with Gasteiger partial charge in [0, 0.05) is 0 Å². The molecule has 0 aliphatic carbocycles. The fourth-order valence-electron chi connectivity index (χ4n) is 1.26. The molecule has 1 unspecified atom stereocenters. The van der Waals surface area contributed by atoms with Crippen LogP contribution in [0.3, 0.4) is 0 Å². The maximum Gasteiger partial charge on any atom is 0.350 e. The number of hydrogen-bond acceptors (Lipinski definition) is 6. The van der Waals surface area contributed by atoms with Crippen LogP contribution in [0.4, 0.5) is 0 Å². The summed E-state index contributed by atoms with van der Waals surface area (Å²) in [6, 6.07) is 8.55. The van der Waals surface area contributed by atoms with Crippen molar-refractivity contribution in [3.63, 3.8) is 0 Å². The van der Waals surface area contributed by atoms with E-state index in [0.717, 1.165) is 7.11 Å². The van der Waals surface area contributed by atoms with E-state index in [-0.39, 0.29) is 6.61 Å². The average molecular weight is 267 g/mol. The van der Waals surface area contributed by atoms with Gasteiger partial charge in [-0.3, -0.25) is 5.73 Å². The lowest BCUT2D eigenvalue weighted by atomic mass is 10.0. The number of ether oxygens (including phenoxy) is 2. The third-order valence-corrected chi connectivity index (χ3v) is 2.38. The zero-order valence-corrected chi connectivity index (χ0v) is 10.2. The highest BCUT2D eigenvalue weighted by Crippen LogP contribution is 2.10. The Bertz CT molecular complexity index is 486. The Hall–Kier alpha value is -2.41. The van der Waals surface area contributed by atoms with Gasteiger partial charge in [-0.15, -0.1) is 0 Å². The van der Waals surface area contributed by atoms with Gasteiger partial charge in [0.05, 0.1) is 7.11 Å². The van der Waals surface area contributed by atoms with Gasteiger partial charge >= 0.3 is 23.4 Å². The number of esters is 2. The maximum absolute atomic E-state index is 11.7. The minimum atomic E-state index is -2.86. The monoisotopic (exact) mass is 267 g/mol. The summed E-state index contributed by atoms with van der Waals surface area (Å²) in [5, 5.41) is 8.87. The van der Waals surface area contributed by atoms with Crippen LogP contribution in [0.5, 0.6) is 0 Å². The lowest BCUT2D eigenvalue weighted by Crippen LogP contribution is -2.62. The Balaban J connectivity index is 2.80. The van der Waals surface area contributed by atoms with Crippen LogP contribution in [-0.4, -0.2) is 35.7 Å². The van der Waals surface area contributed by atoms with Crippen molar-refractivity contribution in [3.8, 4) is 0 Å². The molecule has 0 heterocycles. The predicted molar refractivity (Wildman–Crippen MR) is 62.8 cm³/mol. The first kappa shape index (κ1) is 14.7. The number of hydrogen-bond donors (Lipinski definition) is 2. The average Bonchev–Trinajstić information content (AvgIpc) is 2.43. The quantitative estimate of drug-likeness (QED) is 0.555. The molecule has 0 aromatic heterocycles. The Kier molecular flexibility index (Phi) is 4.60. The van der Waals surface area contributed by atoms with Crippen molar-refractivity contribution in [2.75, 3.05) is 7.11 Å². The van der Waals surface area contributed by atoms with E-state index in [4.69, 9.17) is 15.6 Å². The Morgan fingerprint density at radius 2 is 1.79 bits per heavy atom. The van der Waals surface area contributed by atoms with E-state index in [1.165, 1.54) is 0 Å². The highest BCUT2D eigenvalue weighted by Gasteiger charge is 2.53. The van der Waals surface area contributed by atoms with Gasteiger partial charge in [-0.2, -0.15) is 0 Å². The SMILES string of the molecule is COC(=O)C(N)(C(=O)O)C(=O)OCc1ccccc1. The molecule has 3 N–H and O–H groups in total. The maximum atomic E-state index is 11.7. The number of carbonyl (C=O) groups excluding carboxylic acids is 2. The number of nitrogens with two attached hydrogens (primary N) is 1. The van der Waals surface area contributed by atoms with Gasteiger partial charge in [0.15, 0.2) is 0 Å². The number of rotatable bonds is 5. The molecule has 0 aliphatic rings. The second kappa shape index (κ2) is 5.96. The lowest BCUT2D eigenvalue weighted by molar-refractivity contribution is -0.172. The predicted octanol–water partition coefficient (Wildman–Crippen LogP) is -0.315. The summed E-state index contributed by atoms with van der Waals surface area (Å²) in [5.74, 6) is -4.61. The standard InChI is InChI=1S/C12H13NO6/c1-18-10(16)12(13,9(14)15)11(17)19-7-8-5-3-2-4-6-8/h2-6H,7,13H2,1H3,(H,14,15). The molecule has 0 saturated carbocycles. The Morgan fingerprint density at radius 1 is 1.21 bits per heavy atom. The van der Waals surface area contributed by atoms with Crippen molar-refractivity contribution >= 4 is 17.9 Å². The molecule has 1 atom stereocenters. The largest absolute Gasteiger partial charge is 0.479 e. The third-order valence-electron chi connectivity index (χ3n) is 2.38. The second-order valence-electron chi connectivity index (χ2n) is 3.67. The molecule has 7 nitrogen and oxygen atoms in total. The number of carboxylic acid groups (broad SMARTS) is 1. The highest BCUT2D eigenvalue weighted by atomic mass is 16.6. The van der Waals surface area contributed by atoms with Crippen LogP contribution in [0.25, 0.3) is 0 Å². The van der Waals surface area contributed by atoms with Gasteiger partial charge in [0.25, 0.3) is 0 Å². The van der Waals surface area contributed by atoms with Crippen molar-refractivity contribution in [2.24, 2.45) is 5.73 Å². The molecule has 0 spiro atoms. The van der Waals surface area contributed by atoms with E-state index in [9.17, 15) is 14.4 Å². The lowest BCUT2D eigenvalue weighted by Gasteiger charge is -2.19. The van der Waals surface area contributed by atoms with Crippen LogP contribution in [0.2, 0.25) is 0 Å². The first-order valence-electron chi connectivity index (χ1n) is 5.24. The molecule has 0 amide bonds. The van der Waals surface area contributed by atoms with E-state index in [1.807, 2.05) is 0 Å². The summed E-state index contributed by atoms with van der Waals surface area (Å²) in [7, 11) is 0.928. The molecule has 1 rings (SSSR count). The molecular weight excluding hydrogens is 254 g/mol. The summed E-state index contributed by atoms with van der Waals surface area (Å²) in [4.78, 5) is 33.9. The molecule has 1 aromatic rings. The van der Waals surface area contributed by atoms with Crippen molar-refractivity contribution < 1.29 is 29.0 Å². The second-order valence-corrected chi connectivity index (χ2v) is 3.67. The number of methoxy groups -OCH3 is 1. The van der Waals surface area contributed by atoms with E-state index < -0.39 is 23.4 Å². The molecule has 19 heavy (non-hydrogen) atoms. The summed E-state index contributed by atoms with van der Waals surface area (Å²) in [5.41, 5.74) is 3.03. The molecular formula is C12H13NO6. The van der Waals surface area contributed by atoms with E-state index >= 15 is 0 Å². The van der Waals surface area contributed by atoms with Crippen LogP contribution in [0.1, 0.15) is 5.56 Å². The van der Waals surface area contributed by atoms with Crippen LogP contribution in [0.15, 0.2) is 30.3 Å². The zero-order valence-electron chi connectivity index (χ0n) is 10.2. The van der Waals surface area contributed by atoms with Gasteiger partial charge < -0.3 is 14.6 Å². The fraction of sp³-hybridized carbons (Fsp3) is 0.250. The zero-order chi connectivity index (χ0) is 14.5. The number of benzene rings is 1. The molecule has 0 aliphatic heterocycles. The minimum absolute atomic E-state index is 0.192. The first-order chi connectivity index (χ1) is 8.92. The van der Waals surface area contributed by atoms with Gasteiger partial charge in [-0.05, 0) is 5.56 Å². The van der Waals surface area contributed by atoms with Gasteiger partial charge in [-0.25, -0.2) is 14.4 Å². The molecule has 102 valence electrons. The number of carbonyl (C=O) groups is 3. The molecule has 0 radical (unpaired) electrons. The molecule has 0 fully saturated rings. The molecule has 1 aromatic carbocycles.